The summed E-state index contributed by atoms with van der Waals surface area (Å²) in [5, 5.41) is 0.888. The molecule has 0 unspecified atom stereocenters. The molecule has 1 saturated heterocycles. The summed E-state index contributed by atoms with van der Waals surface area (Å²) in [6.07, 6.45) is 0. The standard InChI is InChI=1S/C22H27N2O2P/c1-22(2)19-11-7-8-12-20(19)23(3)21(22)17-27(25,18-9-5-4-6-10-18)24-13-15-26-16-14-24/h4-12,17H,13-16H2,1-3H3/b21-17+/t27-/m0/s1. The smallest absolute Gasteiger partial charge is 0.202 e. The highest BCUT2D eigenvalue weighted by Gasteiger charge is 2.42. The average Bonchev–Trinajstić information content (AvgIpc) is 2.90. The van der Waals surface area contributed by atoms with E-state index in [4.69, 9.17) is 4.74 Å². The minimum Gasteiger partial charge on any atom is -0.379 e. The summed E-state index contributed by atoms with van der Waals surface area (Å²) in [6, 6.07) is 18.4. The summed E-state index contributed by atoms with van der Waals surface area (Å²) in [7, 11) is -0.815. The van der Waals surface area contributed by atoms with Crippen molar-refractivity contribution < 1.29 is 9.30 Å². The summed E-state index contributed by atoms with van der Waals surface area (Å²) < 4.78 is 22.1. The maximum Gasteiger partial charge on any atom is 0.202 e. The van der Waals surface area contributed by atoms with Crippen LogP contribution in [0.2, 0.25) is 0 Å². The van der Waals surface area contributed by atoms with E-state index >= 15 is 0 Å². The summed E-state index contributed by atoms with van der Waals surface area (Å²) in [5.74, 6) is 2.05. The first-order chi connectivity index (χ1) is 12.9. The van der Waals surface area contributed by atoms with Crippen LogP contribution >= 0.6 is 7.29 Å². The van der Waals surface area contributed by atoms with Crippen molar-refractivity contribution in [1.29, 1.82) is 0 Å². The lowest BCUT2D eigenvalue weighted by molar-refractivity contribution is 0.0731. The van der Waals surface area contributed by atoms with Gasteiger partial charge in [0.15, 0.2) is 0 Å². The highest BCUT2D eigenvalue weighted by molar-refractivity contribution is 7.72. The second-order valence-electron chi connectivity index (χ2n) is 7.74. The van der Waals surface area contributed by atoms with Gasteiger partial charge in [-0.05, 0) is 23.8 Å². The average molecular weight is 382 g/mol. The van der Waals surface area contributed by atoms with Crippen molar-refractivity contribution in [2.75, 3.05) is 38.3 Å². The molecule has 0 aromatic heterocycles. The third-order valence-electron chi connectivity index (χ3n) is 5.77. The molecule has 2 aromatic rings. The van der Waals surface area contributed by atoms with Gasteiger partial charge in [-0.15, -0.1) is 0 Å². The van der Waals surface area contributed by atoms with Gasteiger partial charge in [0.2, 0.25) is 7.29 Å². The molecule has 0 spiro atoms. The number of rotatable bonds is 3. The lowest BCUT2D eigenvalue weighted by Crippen LogP contribution is -2.36. The molecular formula is C22H27N2O2P. The van der Waals surface area contributed by atoms with Gasteiger partial charge < -0.3 is 9.64 Å². The van der Waals surface area contributed by atoms with E-state index in [1.165, 1.54) is 11.3 Å². The summed E-state index contributed by atoms with van der Waals surface area (Å²) in [6.45, 7) is 7.06. The molecule has 2 aliphatic rings. The van der Waals surface area contributed by atoms with E-state index in [0.717, 1.165) is 11.0 Å². The van der Waals surface area contributed by atoms with E-state index in [-0.39, 0.29) is 5.41 Å². The van der Waals surface area contributed by atoms with Crippen molar-refractivity contribution in [2.45, 2.75) is 19.3 Å². The number of benzene rings is 2. The highest BCUT2D eigenvalue weighted by Crippen LogP contribution is 2.56. The minimum absolute atomic E-state index is 0.192. The van der Waals surface area contributed by atoms with Crippen LogP contribution in [0.15, 0.2) is 66.1 Å². The molecule has 27 heavy (non-hydrogen) atoms. The Morgan fingerprint density at radius 2 is 1.63 bits per heavy atom. The lowest BCUT2D eigenvalue weighted by atomic mass is 9.84. The molecule has 0 bridgehead atoms. The molecule has 4 rings (SSSR count). The van der Waals surface area contributed by atoms with Crippen LogP contribution in [0.4, 0.5) is 5.69 Å². The van der Waals surface area contributed by atoms with Gasteiger partial charge in [-0.3, -0.25) is 4.57 Å². The monoisotopic (exact) mass is 382 g/mol. The van der Waals surface area contributed by atoms with Crippen LogP contribution in [0.3, 0.4) is 0 Å². The first-order valence-corrected chi connectivity index (χ1v) is 11.2. The number of morpholine rings is 1. The topological polar surface area (TPSA) is 32.8 Å². The Balaban J connectivity index is 1.86. The zero-order valence-corrected chi connectivity index (χ0v) is 17.2. The van der Waals surface area contributed by atoms with Crippen molar-refractivity contribution in [3.63, 3.8) is 0 Å². The molecule has 5 heteroatoms. The fourth-order valence-electron chi connectivity index (χ4n) is 4.21. The Bertz CT molecular complexity index is 902. The van der Waals surface area contributed by atoms with Crippen molar-refractivity contribution in [1.82, 2.24) is 4.67 Å². The molecule has 0 radical (unpaired) electrons. The van der Waals surface area contributed by atoms with Crippen molar-refractivity contribution in [3.8, 4) is 0 Å². The molecule has 1 atom stereocenters. The van der Waals surface area contributed by atoms with Crippen LogP contribution in [0.1, 0.15) is 19.4 Å². The lowest BCUT2D eigenvalue weighted by Gasteiger charge is -2.35. The summed E-state index contributed by atoms with van der Waals surface area (Å²) in [4.78, 5) is 2.20. The molecule has 0 saturated carbocycles. The third kappa shape index (κ3) is 3.06. The fraction of sp³-hybridized carbons (Fsp3) is 0.364. The van der Waals surface area contributed by atoms with Gasteiger partial charge in [0.05, 0.1) is 13.2 Å². The molecule has 0 amide bonds. The molecule has 2 heterocycles. The van der Waals surface area contributed by atoms with Crippen LogP contribution in [-0.2, 0) is 14.7 Å². The highest BCUT2D eigenvalue weighted by atomic mass is 31.2. The second-order valence-corrected chi connectivity index (χ2v) is 10.3. The van der Waals surface area contributed by atoms with Crippen molar-refractivity contribution in [2.24, 2.45) is 0 Å². The second kappa shape index (κ2) is 6.94. The predicted octanol–water partition coefficient (Wildman–Crippen LogP) is 4.19. The maximum absolute atomic E-state index is 14.5. The molecule has 142 valence electrons. The fourth-order valence-corrected chi connectivity index (χ4v) is 7.03. The van der Waals surface area contributed by atoms with Gasteiger partial charge in [0, 0.05) is 48.1 Å². The normalized spacial score (nSPS) is 23.2. The van der Waals surface area contributed by atoms with Gasteiger partial charge in [-0.25, -0.2) is 4.67 Å². The maximum atomic E-state index is 14.5. The number of para-hydroxylation sites is 1. The first-order valence-electron chi connectivity index (χ1n) is 9.50. The Labute approximate surface area is 161 Å². The van der Waals surface area contributed by atoms with Crippen LogP contribution in [-0.4, -0.2) is 38.0 Å². The van der Waals surface area contributed by atoms with Crippen LogP contribution < -0.4 is 10.2 Å². The zero-order chi connectivity index (χ0) is 19.1. The third-order valence-corrected chi connectivity index (χ3v) is 8.64. The number of fused-ring (bicyclic) bond motifs is 1. The van der Waals surface area contributed by atoms with E-state index in [0.29, 0.717) is 26.3 Å². The number of nitrogens with zero attached hydrogens (tertiary/aromatic N) is 2. The molecular weight excluding hydrogens is 355 g/mol. The van der Waals surface area contributed by atoms with Gasteiger partial charge in [0.1, 0.15) is 0 Å². The van der Waals surface area contributed by atoms with Gasteiger partial charge in [-0.1, -0.05) is 50.2 Å². The Morgan fingerprint density at radius 1 is 1.00 bits per heavy atom. The van der Waals surface area contributed by atoms with E-state index in [9.17, 15) is 4.57 Å². The number of ether oxygens (including phenoxy) is 1. The predicted molar refractivity (Wildman–Crippen MR) is 112 cm³/mol. The number of hydrogen-bond donors (Lipinski definition) is 0. The van der Waals surface area contributed by atoms with Gasteiger partial charge >= 0.3 is 0 Å². The molecule has 1 fully saturated rings. The summed E-state index contributed by atoms with van der Waals surface area (Å²) in [5.41, 5.74) is 3.38. The Hall–Kier alpha value is -1.87. The van der Waals surface area contributed by atoms with E-state index in [1.807, 2.05) is 36.1 Å². The molecule has 0 aliphatic carbocycles. The first kappa shape index (κ1) is 18.5. The van der Waals surface area contributed by atoms with Crippen LogP contribution in [0, 0.1) is 0 Å². The number of hydrogen-bond acceptors (Lipinski definition) is 3. The van der Waals surface area contributed by atoms with Gasteiger partial charge in [0.25, 0.3) is 0 Å². The van der Waals surface area contributed by atoms with E-state index in [2.05, 4.69) is 54.7 Å². The number of anilines is 1. The Morgan fingerprint density at radius 3 is 2.30 bits per heavy atom. The van der Waals surface area contributed by atoms with Crippen molar-refractivity contribution in [3.05, 3.63) is 71.7 Å². The van der Waals surface area contributed by atoms with Crippen LogP contribution in [0.25, 0.3) is 0 Å². The van der Waals surface area contributed by atoms with E-state index < -0.39 is 7.29 Å². The number of likely N-dealkylation sites (N-methyl/N-ethyl adjacent to an activating group) is 1. The zero-order valence-electron chi connectivity index (χ0n) is 16.3. The summed E-state index contributed by atoms with van der Waals surface area (Å²) >= 11 is 0. The molecule has 4 nitrogen and oxygen atoms in total. The van der Waals surface area contributed by atoms with E-state index in [1.54, 1.807) is 0 Å². The molecule has 2 aliphatic heterocycles. The Kier molecular flexibility index (Phi) is 4.75. The van der Waals surface area contributed by atoms with Crippen LogP contribution in [0.5, 0.6) is 0 Å². The number of allylic oxidation sites excluding steroid dienone is 1. The minimum atomic E-state index is -2.89. The molecule has 2 aromatic carbocycles. The SMILES string of the molecule is CN1/C(=C/[P@](=O)(c2ccccc2)N2CCOCC2)C(C)(C)c2ccccc21. The van der Waals surface area contributed by atoms with Crippen molar-refractivity contribution >= 4 is 18.3 Å². The largest absolute Gasteiger partial charge is 0.379 e. The van der Waals surface area contributed by atoms with Gasteiger partial charge in [-0.2, -0.15) is 0 Å². The quantitative estimate of drug-likeness (QED) is 0.746. The molecule has 0 N–H and O–H groups in total.